The van der Waals surface area contributed by atoms with Gasteiger partial charge in [0.05, 0.1) is 17.6 Å². The molecular formula is C11H16N2O. The van der Waals surface area contributed by atoms with E-state index >= 15 is 0 Å². The van der Waals surface area contributed by atoms with Gasteiger partial charge < -0.3 is 10.5 Å². The van der Waals surface area contributed by atoms with Crippen LogP contribution in [-0.4, -0.2) is 4.98 Å². The molecular weight excluding hydrogens is 176 g/mol. The molecule has 0 saturated heterocycles. The fraction of sp³-hybridized carbons (Fsp3) is 0.364. The van der Waals surface area contributed by atoms with Crippen molar-refractivity contribution < 1.29 is 4.74 Å². The quantitative estimate of drug-likeness (QED) is 0.686. The van der Waals surface area contributed by atoms with Crippen molar-refractivity contribution in [2.75, 3.05) is 5.73 Å². The summed E-state index contributed by atoms with van der Waals surface area (Å²) in [4.78, 5) is 4.21. The number of hydrogen-bond acceptors (Lipinski definition) is 3. The highest BCUT2D eigenvalue weighted by Crippen LogP contribution is 2.24. The van der Waals surface area contributed by atoms with Gasteiger partial charge in [0.1, 0.15) is 0 Å². The Balaban J connectivity index is 0.000000461. The minimum absolute atomic E-state index is 0.684. The first-order valence-electron chi connectivity index (χ1n) is 4.85. The van der Waals surface area contributed by atoms with Crippen LogP contribution in [0.3, 0.4) is 0 Å². The zero-order valence-corrected chi connectivity index (χ0v) is 8.87. The molecule has 2 rings (SSSR count). The second-order valence-electron chi connectivity index (χ2n) is 2.82. The molecule has 1 aliphatic rings. The van der Waals surface area contributed by atoms with Gasteiger partial charge in [0, 0.05) is 5.56 Å². The van der Waals surface area contributed by atoms with Gasteiger partial charge in [-0.25, -0.2) is 4.98 Å². The predicted molar refractivity (Wildman–Crippen MR) is 58.2 cm³/mol. The normalized spacial score (nSPS) is 12.2. The molecule has 0 amide bonds. The fourth-order valence-electron chi connectivity index (χ4n) is 1.18. The molecule has 0 radical (unpaired) electrons. The summed E-state index contributed by atoms with van der Waals surface area (Å²) in [7, 11) is 0. The van der Waals surface area contributed by atoms with Crippen molar-refractivity contribution >= 4 is 5.69 Å². The summed E-state index contributed by atoms with van der Waals surface area (Å²) in [5, 5.41) is 0. The zero-order chi connectivity index (χ0) is 10.6. The smallest absolute Gasteiger partial charge is 0.222 e. The van der Waals surface area contributed by atoms with Crippen LogP contribution in [0.25, 0.3) is 0 Å². The third-order valence-electron chi connectivity index (χ3n) is 1.91. The lowest BCUT2D eigenvalue weighted by atomic mass is 10.1. The number of nitrogens with zero attached hydrogens (tertiary/aromatic N) is 1. The highest BCUT2D eigenvalue weighted by atomic mass is 16.5. The Morgan fingerprint density at radius 3 is 2.86 bits per heavy atom. The lowest BCUT2D eigenvalue weighted by molar-refractivity contribution is 0.444. The maximum atomic E-state index is 5.70. The second-order valence-corrected chi connectivity index (χ2v) is 2.82. The molecule has 2 N–H and O–H groups in total. The summed E-state index contributed by atoms with van der Waals surface area (Å²) >= 11 is 0. The number of anilines is 1. The Labute approximate surface area is 84.6 Å². The van der Waals surface area contributed by atoms with Crippen LogP contribution in [-0.2, 0) is 6.42 Å². The van der Waals surface area contributed by atoms with Crippen LogP contribution in [0.2, 0.25) is 0 Å². The van der Waals surface area contributed by atoms with E-state index in [2.05, 4.69) is 4.98 Å². The molecule has 3 nitrogen and oxygen atoms in total. The molecule has 1 aromatic rings. The van der Waals surface area contributed by atoms with E-state index < -0.39 is 0 Å². The second kappa shape index (κ2) is 4.65. The van der Waals surface area contributed by atoms with E-state index in [0.29, 0.717) is 5.88 Å². The molecule has 0 atom stereocenters. The third kappa shape index (κ3) is 2.05. The van der Waals surface area contributed by atoms with Crippen LogP contribution in [0.15, 0.2) is 18.4 Å². The summed E-state index contributed by atoms with van der Waals surface area (Å²) < 4.78 is 5.21. The predicted octanol–water partition coefficient (Wildman–Crippen LogP) is 2.45. The van der Waals surface area contributed by atoms with Crippen molar-refractivity contribution in [2.24, 2.45) is 0 Å². The number of aromatic nitrogens is 1. The highest BCUT2D eigenvalue weighted by molar-refractivity contribution is 5.49. The first-order chi connectivity index (χ1) is 6.77. The standard InChI is InChI=1S/C9H10N2O.C2H6/c1-6-8(10)5-7-3-2-4-12-9(7)11-6;1-2/h2,4-5H,3,10H2,1H3;1-2H3. The topological polar surface area (TPSA) is 48.1 Å². The summed E-state index contributed by atoms with van der Waals surface area (Å²) in [5.41, 5.74) is 8.31. The lowest BCUT2D eigenvalue weighted by Gasteiger charge is -2.11. The Kier molecular flexibility index (Phi) is 3.51. The first-order valence-corrected chi connectivity index (χ1v) is 4.85. The molecule has 3 heteroatoms. The van der Waals surface area contributed by atoms with Gasteiger partial charge in [-0.2, -0.15) is 0 Å². The van der Waals surface area contributed by atoms with Crippen LogP contribution in [0, 0.1) is 6.92 Å². The number of aryl methyl sites for hydroxylation is 1. The molecule has 14 heavy (non-hydrogen) atoms. The van der Waals surface area contributed by atoms with Gasteiger partial charge >= 0.3 is 0 Å². The maximum Gasteiger partial charge on any atom is 0.222 e. The van der Waals surface area contributed by atoms with Gasteiger partial charge in [-0.3, -0.25) is 0 Å². The number of fused-ring (bicyclic) bond motifs is 1. The number of pyridine rings is 1. The molecule has 0 saturated carbocycles. The van der Waals surface area contributed by atoms with Gasteiger partial charge in [0.15, 0.2) is 0 Å². The summed E-state index contributed by atoms with van der Waals surface area (Å²) in [6, 6.07) is 1.92. The summed E-state index contributed by atoms with van der Waals surface area (Å²) in [5.74, 6) is 0.684. The summed E-state index contributed by atoms with van der Waals surface area (Å²) in [6.07, 6.45) is 4.45. The molecule has 0 aliphatic carbocycles. The van der Waals surface area contributed by atoms with E-state index in [1.807, 2.05) is 32.9 Å². The minimum Gasteiger partial charge on any atom is -0.447 e. The average molecular weight is 192 g/mol. The molecule has 2 heterocycles. The van der Waals surface area contributed by atoms with Crippen LogP contribution < -0.4 is 10.5 Å². The van der Waals surface area contributed by atoms with Gasteiger partial charge in [0.2, 0.25) is 5.88 Å². The SMILES string of the molecule is CC.Cc1nc2c(cc1N)CC=CO2. The van der Waals surface area contributed by atoms with Gasteiger partial charge in [-0.15, -0.1) is 0 Å². The van der Waals surface area contributed by atoms with E-state index in [1.54, 1.807) is 6.26 Å². The molecule has 76 valence electrons. The van der Waals surface area contributed by atoms with Crippen LogP contribution >= 0.6 is 0 Å². The molecule has 0 bridgehead atoms. The Bertz CT molecular complexity index is 312. The van der Waals surface area contributed by atoms with Crippen LogP contribution in [0.5, 0.6) is 5.88 Å². The Morgan fingerprint density at radius 1 is 1.43 bits per heavy atom. The summed E-state index contributed by atoms with van der Waals surface area (Å²) in [6.45, 7) is 5.87. The number of ether oxygens (including phenoxy) is 1. The minimum atomic E-state index is 0.684. The average Bonchev–Trinajstić information content (AvgIpc) is 2.23. The van der Waals surface area contributed by atoms with Crippen molar-refractivity contribution in [3.63, 3.8) is 0 Å². The number of nitrogens with two attached hydrogens (primary N) is 1. The molecule has 0 aromatic carbocycles. The van der Waals surface area contributed by atoms with E-state index in [0.717, 1.165) is 23.4 Å². The molecule has 0 spiro atoms. The van der Waals surface area contributed by atoms with Crippen molar-refractivity contribution in [3.8, 4) is 5.88 Å². The molecule has 1 aromatic heterocycles. The maximum absolute atomic E-state index is 5.70. The van der Waals surface area contributed by atoms with Crippen molar-refractivity contribution in [3.05, 3.63) is 29.7 Å². The van der Waals surface area contributed by atoms with E-state index in [4.69, 9.17) is 10.5 Å². The van der Waals surface area contributed by atoms with Crippen LogP contribution in [0.4, 0.5) is 5.69 Å². The Hall–Kier alpha value is -1.51. The third-order valence-corrected chi connectivity index (χ3v) is 1.91. The number of allylic oxidation sites excluding steroid dienone is 1. The lowest BCUT2D eigenvalue weighted by Crippen LogP contribution is -2.03. The molecule has 1 aliphatic heterocycles. The van der Waals surface area contributed by atoms with Crippen molar-refractivity contribution in [1.82, 2.24) is 4.98 Å². The zero-order valence-electron chi connectivity index (χ0n) is 8.87. The number of nitrogen functional groups attached to an aromatic ring is 1. The van der Waals surface area contributed by atoms with Gasteiger partial charge in [-0.05, 0) is 25.5 Å². The monoisotopic (exact) mass is 192 g/mol. The highest BCUT2D eigenvalue weighted by Gasteiger charge is 2.09. The van der Waals surface area contributed by atoms with Gasteiger partial charge in [0.25, 0.3) is 0 Å². The fourth-order valence-corrected chi connectivity index (χ4v) is 1.18. The van der Waals surface area contributed by atoms with E-state index in [1.165, 1.54) is 0 Å². The van der Waals surface area contributed by atoms with Crippen molar-refractivity contribution in [1.29, 1.82) is 0 Å². The van der Waals surface area contributed by atoms with E-state index in [-0.39, 0.29) is 0 Å². The van der Waals surface area contributed by atoms with E-state index in [9.17, 15) is 0 Å². The van der Waals surface area contributed by atoms with Gasteiger partial charge in [-0.1, -0.05) is 13.8 Å². The Morgan fingerprint density at radius 2 is 2.14 bits per heavy atom. The molecule has 0 unspecified atom stereocenters. The first kappa shape index (κ1) is 10.6. The molecule has 0 fully saturated rings. The number of rotatable bonds is 0. The largest absolute Gasteiger partial charge is 0.447 e. The van der Waals surface area contributed by atoms with Crippen LogP contribution in [0.1, 0.15) is 25.1 Å². The number of hydrogen-bond donors (Lipinski definition) is 1. The van der Waals surface area contributed by atoms with Crippen molar-refractivity contribution in [2.45, 2.75) is 27.2 Å².